The second kappa shape index (κ2) is 19.1. The Labute approximate surface area is 333 Å². The maximum Gasteiger partial charge on any atom is 0.307 e. The minimum Gasteiger partial charge on any atom is -0.486 e. The van der Waals surface area contributed by atoms with Gasteiger partial charge >= 0.3 is 11.9 Å². The van der Waals surface area contributed by atoms with Gasteiger partial charge in [-0.2, -0.15) is 0 Å². The van der Waals surface area contributed by atoms with Crippen LogP contribution in [0.4, 0.5) is 20.2 Å². The molecule has 0 unspecified atom stereocenters. The summed E-state index contributed by atoms with van der Waals surface area (Å²) in [5.74, 6) is -0.405. The van der Waals surface area contributed by atoms with Crippen molar-refractivity contribution in [1.82, 2.24) is 0 Å². The lowest BCUT2D eigenvalue weighted by Crippen LogP contribution is -2.08. The molecule has 2 aliphatic rings. The number of anilines is 2. The van der Waals surface area contributed by atoms with E-state index in [-0.39, 0.29) is 53.5 Å². The van der Waals surface area contributed by atoms with Crippen LogP contribution in [0.1, 0.15) is 54.4 Å². The van der Waals surface area contributed by atoms with E-state index in [1.54, 1.807) is 30.3 Å². The summed E-state index contributed by atoms with van der Waals surface area (Å²) >= 11 is 19.2. The summed E-state index contributed by atoms with van der Waals surface area (Å²) < 4.78 is 42.1. The van der Waals surface area contributed by atoms with Gasteiger partial charge < -0.3 is 30.3 Å². The standard InChI is InChI=1S/C20H20Br2FNO3.C19H18Cl2FNO3/c21-15-8-13(6-7-18(25)26)9-16(22)20(15)27-11-14-2-1-3-17(19(14)23)24-10-12-4-5-12;20-14-6-12(8-17(24)25)7-15(21)19(14)26-10-13-2-1-3-16(18(13)22)23-9-11-4-5-11/h1-3,8-9,12,24H,4-7,10-11H2,(H,25,26);1-3,6-7,11,23H,4-5,8-10H2,(H,24,25). The van der Waals surface area contributed by atoms with Crippen molar-refractivity contribution < 1.29 is 38.1 Å². The van der Waals surface area contributed by atoms with Gasteiger partial charge in [-0.3, -0.25) is 9.59 Å². The Hall–Kier alpha value is -3.58. The Kier molecular flexibility index (Phi) is 14.7. The smallest absolute Gasteiger partial charge is 0.307 e. The van der Waals surface area contributed by atoms with Crippen molar-refractivity contribution in [2.75, 3.05) is 23.7 Å². The summed E-state index contributed by atoms with van der Waals surface area (Å²) in [6, 6.07) is 17.0. The van der Waals surface area contributed by atoms with Gasteiger partial charge in [0.05, 0.1) is 36.8 Å². The summed E-state index contributed by atoms with van der Waals surface area (Å²) in [6.45, 7) is 1.62. The van der Waals surface area contributed by atoms with Gasteiger partial charge in [-0.15, -0.1) is 0 Å². The third-order valence-electron chi connectivity index (χ3n) is 8.56. The van der Waals surface area contributed by atoms with Crippen molar-refractivity contribution >= 4 is 78.4 Å². The second-order valence-electron chi connectivity index (χ2n) is 13.0. The topological polar surface area (TPSA) is 117 Å². The molecule has 6 rings (SSSR count). The van der Waals surface area contributed by atoms with Gasteiger partial charge in [0.15, 0.2) is 17.4 Å². The number of carbonyl (C=O) groups is 2. The van der Waals surface area contributed by atoms with Crippen LogP contribution in [-0.4, -0.2) is 35.2 Å². The first kappa shape index (κ1) is 40.6. The molecule has 0 aliphatic heterocycles. The number of ether oxygens (including phenoxy) is 2. The zero-order chi connectivity index (χ0) is 38.1. The fraction of sp³-hybridized carbons (Fsp3) is 0.333. The van der Waals surface area contributed by atoms with Gasteiger partial charge in [0.1, 0.15) is 19.0 Å². The first-order chi connectivity index (χ1) is 25.4. The first-order valence-electron chi connectivity index (χ1n) is 17.1. The number of hydrogen-bond donors (Lipinski definition) is 4. The maximum atomic E-state index is 14.7. The third kappa shape index (κ3) is 12.5. The first-order valence-corrected chi connectivity index (χ1v) is 19.4. The molecule has 2 aliphatic carbocycles. The van der Waals surface area contributed by atoms with Crippen LogP contribution < -0.4 is 20.1 Å². The van der Waals surface area contributed by atoms with Gasteiger partial charge in [0.2, 0.25) is 0 Å². The second-order valence-corrected chi connectivity index (χ2v) is 15.5. The number of benzene rings is 4. The summed E-state index contributed by atoms with van der Waals surface area (Å²) in [6.07, 6.45) is 5.09. The molecule has 2 fully saturated rings. The molecule has 2 saturated carbocycles. The third-order valence-corrected chi connectivity index (χ3v) is 10.3. The molecular weight excluding hydrogens is 861 g/mol. The average Bonchev–Trinajstić information content (AvgIpc) is 4.03. The monoisotopic (exact) mass is 896 g/mol. The molecule has 0 spiro atoms. The van der Waals surface area contributed by atoms with E-state index in [1.165, 1.54) is 37.8 Å². The molecule has 0 radical (unpaired) electrons. The maximum absolute atomic E-state index is 14.7. The fourth-order valence-corrected chi connectivity index (χ4v) is 7.43. The highest BCUT2D eigenvalue weighted by Gasteiger charge is 2.23. The van der Waals surface area contributed by atoms with Gasteiger partial charge in [-0.05, 0) is 123 Å². The highest BCUT2D eigenvalue weighted by Crippen LogP contribution is 2.37. The van der Waals surface area contributed by atoms with Crippen molar-refractivity contribution in [3.05, 3.63) is 114 Å². The van der Waals surface area contributed by atoms with Gasteiger partial charge in [-0.25, -0.2) is 8.78 Å². The van der Waals surface area contributed by atoms with Gasteiger partial charge in [-0.1, -0.05) is 47.5 Å². The van der Waals surface area contributed by atoms with Crippen LogP contribution in [0.15, 0.2) is 69.6 Å². The lowest BCUT2D eigenvalue weighted by atomic mass is 10.1. The van der Waals surface area contributed by atoms with Crippen LogP contribution in [0.3, 0.4) is 0 Å². The number of nitrogens with one attached hydrogen (secondary N) is 2. The summed E-state index contributed by atoms with van der Waals surface area (Å²) in [7, 11) is 0. The van der Waals surface area contributed by atoms with E-state index < -0.39 is 11.9 Å². The molecule has 0 aromatic heterocycles. The van der Waals surface area contributed by atoms with Gasteiger partial charge in [0.25, 0.3) is 0 Å². The highest BCUT2D eigenvalue weighted by atomic mass is 79.9. The molecule has 4 aromatic carbocycles. The zero-order valence-electron chi connectivity index (χ0n) is 28.5. The van der Waals surface area contributed by atoms with Gasteiger partial charge in [0, 0.05) is 30.6 Å². The SMILES string of the molecule is O=C(O)CCc1cc(Br)c(OCc2cccc(NCC3CC3)c2F)c(Br)c1.O=C(O)Cc1cc(Cl)c(OCc2cccc(NCC3CC3)c2F)c(Cl)c1. The Balaban J connectivity index is 0.000000204. The molecule has 4 aromatic rings. The number of carboxylic acid groups (broad SMARTS) is 2. The van der Waals surface area contributed by atoms with E-state index in [1.807, 2.05) is 18.2 Å². The predicted octanol–water partition coefficient (Wildman–Crippen LogP) is 10.9. The molecule has 4 N–H and O–H groups in total. The van der Waals surface area contributed by atoms with E-state index in [0.29, 0.717) is 61.0 Å². The van der Waals surface area contributed by atoms with Crippen molar-refractivity contribution in [3.63, 3.8) is 0 Å². The molecule has 0 saturated heterocycles. The summed E-state index contributed by atoms with van der Waals surface area (Å²) in [4.78, 5) is 21.5. The van der Waals surface area contributed by atoms with Crippen molar-refractivity contribution in [1.29, 1.82) is 0 Å². The Morgan fingerprint density at radius 1 is 0.717 bits per heavy atom. The lowest BCUT2D eigenvalue weighted by molar-refractivity contribution is -0.137. The minimum absolute atomic E-state index is 0.0392. The number of carboxylic acids is 2. The predicted molar refractivity (Wildman–Crippen MR) is 209 cm³/mol. The molecule has 0 bridgehead atoms. The number of aryl methyl sites for hydroxylation is 1. The molecule has 14 heteroatoms. The highest BCUT2D eigenvalue weighted by molar-refractivity contribution is 9.11. The normalized spacial score (nSPS) is 13.5. The van der Waals surface area contributed by atoms with Crippen LogP contribution in [0.25, 0.3) is 0 Å². The molecule has 0 amide bonds. The molecule has 0 heterocycles. The van der Waals surface area contributed by atoms with E-state index in [2.05, 4.69) is 42.5 Å². The van der Waals surface area contributed by atoms with Crippen LogP contribution in [0, 0.1) is 23.5 Å². The van der Waals surface area contributed by atoms with Crippen molar-refractivity contribution in [2.45, 2.75) is 58.2 Å². The Morgan fingerprint density at radius 2 is 1.19 bits per heavy atom. The van der Waals surface area contributed by atoms with Crippen LogP contribution >= 0.6 is 55.1 Å². The number of halogens is 6. The lowest BCUT2D eigenvalue weighted by Gasteiger charge is -2.14. The minimum atomic E-state index is -0.983. The quantitative estimate of drug-likeness (QED) is 0.0828. The van der Waals surface area contributed by atoms with Crippen LogP contribution in [-0.2, 0) is 35.6 Å². The Morgan fingerprint density at radius 3 is 1.62 bits per heavy atom. The van der Waals surface area contributed by atoms with E-state index in [4.69, 9.17) is 42.9 Å². The Bertz CT molecular complexity index is 1900. The van der Waals surface area contributed by atoms with Crippen LogP contribution in [0.2, 0.25) is 10.0 Å². The molecule has 282 valence electrons. The zero-order valence-corrected chi connectivity index (χ0v) is 33.2. The largest absolute Gasteiger partial charge is 0.486 e. The number of aliphatic carboxylic acids is 2. The molecular formula is C39H38Br2Cl2F2N2O6. The van der Waals surface area contributed by atoms with Crippen LogP contribution in [0.5, 0.6) is 11.5 Å². The van der Waals surface area contributed by atoms with Crippen molar-refractivity contribution in [2.24, 2.45) is 11.8 Å². The fourth-order valence-electron chi connectivity index (χ4n) is 5.28. The molecule has 53 heavy (non-hydrogen) atoms. The van der Waals surface area contributed by atoms with E-state index in [0.717, 1.165) is 18.7 Å². The van der Waals surface area contributed by atoms with E-state index >= 15 is 0 Å². The van der Waals surface area contributed by atoms with Crippen molar-refractivity contribution in [3.8, 4) is 11.5 Å². The molecule has 0 atom stereocenters. The number of hydrogen-bond acceptors (Lipinski definition) is 6. The molecule has 8 nitrogen and oxygen atoms in total. The van der Waals surface area contributed by atoms with E-state index in [9.17, 15) is 18.4 Å². The summed E-state index contributed by atoms with van der Waals surface area (Å²) in [5, 5.41) is 24.3. The summed E-state index contributed by atoms with van der Waals surface area (Å²) in [5.41, 5.74) is 3.16. The average molecular weight is 899 g/mol. The number of rotatable bonds is 17.